The van der Waals surface area contributed by atoms with Crippen molar-refractivity contribution in [2.45, 2.75) is 20.0 Å². The first kappa shape index (κ1) is 17.3. The van der Waals surface area contributed by atoms with E-state index in [-0.39, 0.29) is 39.8 Å². The summed E-state index contributed by atoms with van der Waals surface area (Å²) in [5.74, 6) is -0.308. The maximum absolute atomic E-state index is 12.6. The van der Waals surface area contributed by atoms with Gasteiger partial charge in [-0.05, 0) is 12.1 Å². The van der Waals surface area contributed by atoms with E-state index in [1.807, 2.05) is 6.07 Å². The molecule has 3 rings (SSSR count). The fourth-order valence-electron chi connectivity index (χ4n) is 2.38. The van der Waals surface area contributed by atoms with Crippen LogP contribution < -0.4 is 10.1 Å². The second kappa shape index (κ2) is 6.79. The van der Waals surface area contributed by atoms with Gasteiger partial charge in [-0.2, -0.15) is 14.0 Å². The van der Waals surface area contributed by atoms with Gasteiger partial charge in [-0.3, -0.25) is 4.79 Å². The Morgan fingerprint density at radius 2 is 2.27 bits per heavy atom. The molecule has 0 saturated carbocycles. The Bertz CT molecular complexity index is 1020. The zero-order valence-electron chi connectivity index (χ0n) is 13.8. The lowest BCUT2D eigenvalue weighted by molar-refractivity contribution is -0.0489. The van der Waals surface area contributed by atoms with Crippen molar-refractivity contribution in [3.63, 3.8) is 0 Å². The summed E-state index contributed by atoms with van der Waals surface area (Å²) in [7, 11) is 1.61. The molecule has 0 spiro atoms. The average molecular weight is 361 g/mol. The van der Waals surface area contributed by atoms with Gasteiger partial charge in [0, 0.05) is 13.5 Å². The molecule has 1 aromatic carbocycles. The van der Waals surface area contributed by atoms with E-state index in [2.05, 4.69) is 20.0 Å². The molecular weight excluding hydrogens is 348 g/mol. The molecule has 2 heterocycles. The number of carbonyl (C=O) groups excluding carboxylic acids is 1. The summed E-state index contributed by atoms with van der Waals surface area (Å²) in [6.07, 6.45) is 1.79. The van der Waals surface area contributed by atoms with Crippen LogP contribution in [-0.4, -0.2) is 27.1 Å². The van der Waals surface area contributed by atoms with E-state index in [1.54, 1.807) is 14.0 Å². The Kier molecular flexibility index (Phi) is 4.53. The fraction of sp³-hybridized carbons (Fsp3) is 0.250. The van der Waals surface area contributed by atoms with Crippen molar-refractivity contribution in [2.75, 3.05) is 5.32 Å². The smallest absolute Gasteiger partial charge is 0.387 e. The van der Waals surface area contributed by atoms with Crippen LogP contribution in [0.25, 0.3) is 11.1 Å². The highest BCUT2D eigenvalue weighted by molar-refractivity contribution is 6.11. The lowest BCUT2D eigenvalue weighted by Crippen LogP contribution is -2.15. The summed E-state index contributed by atoms with van der Waals surface area (Å²) >= 11 is 0. The first-order valence-electron chi connectivity index (χ1n) is 7.54. The van der Waals surface area contributed by atoms with Gasteiger partial charge in [0.05, 0.1) is 11.9 Å². The molecule has 0 fully saturated rings. The maximum atomic E-state index is 12.6. The molecule has 0 saturated heterocycles. The Labute approximate surface area is 146 Å². The lowest BCUT2D eigenvalue weighted by Gasteiger charge is -2.08. The van der Waals surface area contributed by atoms with Crippen molar-refractivity contribution in [3.05, 3.63) is 35.6 Å². The molecule has 0 aliphatic heterocycles. The number of halogens is 2. The molecule has 1 amide bonds. The number of ether oxygens (including phenoxy) is 1. The number of imidazole rings is 1. The van der Waals surface area contributed by atoms with Crippen molar-refractivity contribution in [1.29, 1.82) is 5.26 Å². The zero-order chi connectivity index (χ0) is 18.8. The number of amides is 1. The van der Waals surface area contributed by atoms with E-state index in [4.69, 9.17) is 9.68 Å². The number of fused-ring (bicyclic) bond motifs is 1. The van der Waals surface area contributed by atoms with Gasteiger partial charge in [0.25, 0.3) is 5.91 Å². The number of rotatable bonds is 5. The Hall–Kier alpha value is -3.48. The van der Waals surface area contributed by atoms with Crippen LogP contribution in [0.1, 0.15) is 28.9 Å². The highest BCUT2D eigenvalue weighted by Crippen LogP contribution is 2.31. The van der Waals surface area contributed by atoms with E-state index in [0.717, 1.165) is 0 Å². The van der Waals surface area contributed by atoms with Crippen LogP contribution in [0.3, 0.4) is 0 Å². The summed E-state index contributed by atoms with van der Waals surface area (Å²) in [6, 6.07) is 4.38. The number of oxazole rings is 1. The quantitative estimate of drug-likeness (QED) is 0.749. The molecule has 0 radical (unpaired) electrons. The minimum absolute atomic E-state index is 0.0261. The highest BCUT2D eigenvalue weighted by atomic mass is 19.3. The monoisotopic (exact) mass is 361 g/mol. The number of aryl methyl sites for hydroxylation is 2. The molecule has 10 heteroatoms. The van der Waals surface area contributed by atoms with Crippen LogP contribution in [0, 0.1) is 11.3 Å². The summed E-state index contributed by atoms with van der Waals surface area (Å²) in [5.41, 5.74) is 0.166. The maximum Gasteiger partial charge on any atom is 0.387 e. The van der Waals surface area contributed by atoms with Crippen molar-refractivity contribution in [2.24, 2.45) is 7.05 Å². The Morgan fingerprint density at radius 1 is 1.50 bits per heavy atom. The predicted octanol–water partition coefficient (Wildman–Crippen LogP) is 2.85. The van der Waals surface area contributed by atoms with Gasteiger partial charge in [0.2, 0.25) is 0 Å². The van der Waals surface area contributed by atoms with Crippen molar-refractivity contribution >= 4 is 22.8 Å². The third kappa shape index (κ3) is 3.06. The van der Waals surface area contributed by atoms with Crippen LogP contribution in [0.4, 0.5) is 14.6 Å². The molecule has 0 bridgehead atoms. The fourth-order valence-corrected chi connectivity index (χ4v) is 2.38. The van der Waals surface area contributed by atoms with E-state index in [1.165, 1.54) is 23.0 Å². The molecule has 3 aromatic rings. The van der Waals surface area contributed by atoms with Crippen molar-refractivity contribution in [1.82, 2.24) is 14.5 Å². The van der Waals surface area contributed by atoms with Crippen LogP contribution >= 0.6 is 0 Å². The van der Waals surface area contributed by atoms with Gasteiger partial charge in [-0.1, -0.05) is 6.92 Å². The topological polar surface area (TPSA) is 106 Å². The van der Waals surface area contributed by atoms with Crippen LogP contribution in [0.15, 0.2) is 22.9 Å². The zero-order valence-corrected chi connectivity index (χ0v) is 13.8. The van der Waals surface area contributed by atoms with E-state index in [9.17, 15) is 13.6 Å². The summed E-state index contributed by atoms with van der Waals surface area (Å²) in [5, 5.41) is 11.6. The first-order chi connectivity index (χ1) is 12.4. The molecule has 0 aliphatic rings. The van der Waals surface area contributed by atoms with Gasteiger partial charge in [0.15, 0.2) is 34.3 Å². The molecule has 0 aliphatic carbocycles. The summed E-state index contributed by atoms with van der Waals surface area (Å²) in [6.45, 7) is -1.26. The van der Waals surface area contributed by atoms with Gasteiger partial charge in [-0.15, -0.1) is 0 Å². The van der Waals surface area contributed by atoms with Crippen LogP contribution in [0.5, 0.6) is 5.75 Å². The molecular formula is C16H13F2N5O3. The number of nitrogens with one attached hydrogen (secondary N) is 1. The largest absolute Gasteiger partial charge is 0.440 e. The number of hydrogen-bond donors (Lipinski definition) is 1. The molecule has 1 N–H and O–H groups in total. The lowest BCUT2D eigenvalue weighted by atomic mass is 10.1. The van der Waals surface area contributed by atoms with E-state index >= 15 is 0 Å². The molecule has 2 aromatic heterocycles. The third-order valence-electron chi connectivity index (χ3n) is 3.59. The predicted molar refractivity (Wildman–Crippen MR) is 85.9 cm³/mol. The number of hydrogen-bond acceptors (Lipinski definition) is 6. The standard InChI is InChI=1S/C16H13F2N5O3/c1-3-11-21-12-10(25-16(17)18)5-4-8(13(12)26-11)15(24)22-14-9(6-19)20-7-23(14)2/h4-5,7,16H,3H2,1-2H3,(H,22,24). The van der Waals surface area contributed by atoms with Crippen molar-refractivity contribution < 1.29 is 22.7 Å². The Balaban J connectivity index is 2.04. The SMILES string of the molecule is CCc1nc2c(OC(F)F)ccc(C(=O)Nc3c(C#N)ncn3C)c2o1. The van der Waals surface area contributed by atoms with Crippen LogP contribution in [0.2, 0.25) is 0 Å². The number of nitrogens with zero attached hydrogens (tertiary/aromatic N) is 4. The number of benzene rings is 1. The molecule has 8 nitrogen and oxygen atoms in total. The van der Waals surface area contributed by atoms with Crippen molar-refractivity contribution in [3.8, 4) is 11.8 Å². The van der Waals surface area contributed by atoms with Gasteiger partial charge >= 0.3 is 6.61 Å². The summed E-state index contributed by atoms with van der Waals surface area (Å²) in [4.78, 5) is 20.6. The minimum atomic E-state index is -3.03. The number of nitriles is 1. The Morgan fingerprint density at radius 3 is 2.92 bits per heavy atom. The minimum Gasteiger partial charge on any atom is -0.440 e. The normalized spacial score (nSPS) is 10.9. The molecule has 26 heavy (non-hydrogen) atoms. The molecule has 0 unspecified atom stereocenters. The van der Waals surface area contributed by atoms with E-state index in [0.29, 0.717) is 6.42 Å². The van der Waals surface area contributed by atoms with Crippen LogP contribution in [-0.2, 0) is 13.5 Å². The number of anilines is 1. The molecule has 0 atom stereocenters. The second-order valence-corrected chi connectivity index (χ2v) is 5.25. The summed E-state index contributed by atoms with van der Waals surface area (Å²) < 4.78 is 36.6. The van der Waals surface area contributed by atoms with Gasteiger partial charge in [-0.25, -0.2) is 9.97 Å². The highest BCUT2D eigenvalue weighted by Gasteiger charge is 2.22. The van der Waals surface area contributed by atoms with Gasteiger partial charge < -0.3 is 19.0 Å². The van der Waals surface area contributed by atoms with Gasteiger partial charge in [0.1, 0.15) is 6.07 Å². The average Bonchev–Trinajstić information content (AvgIpc) is 3.19. The number of aromatic nitrogens is 3. The number of alkyl halides is 2. The van der Waals surface area contributed by atoms with E-state index < -0.39 is 12.5 Å². The molecule has 134 valence electrons. The number of carbonyl (C=O) groups is 1. The second-order valence-electron chi connectivity index (χ2n) is 5.25. The third-order valence-corrected chi connectivity index (χ3v) is 3.59. The first-order valence-corrected chi connectivity index (χ1v) is 7.54.